The summed E-state index contributed by atoms with van der Waals surface area (Å²) in [7, 11) is 0. The fraction of sp³-hybridized carbons (Fsp3) is 0.667. The lowest BCUT2D eigenvalue weighted by Crippen LogP contribution is -2.35. The lowest BCUT2D eigenvalue weighted by atomic mass is 10.2. The molecule has 2 rings (SSSR count). The molecule has 0 spiro atoms. The first kappa shape index (κ1) is 14.4. The molecule has 20 heavy (non-hydrogen) atoms. The predicted octanol–water partition coefficient (Wildman–Crippen LogP) is 1.94. The van der Waals surface area contributed by atoms with E-state index in [1.165, 1.54) is 6.42 Å². The van der Waals surface area contributed by atoms with E-state index in [0.717, 1.165) is 25.9 Å². The summed E-state index contributed by atoms with van der Waals surface area (Å²) >= 11 is 0. The number of aryl methyl sites for hydroxylation is 1. The number of hydrazine groups is 1. The van der Waals surface area contributed by atoms with Gasteiger partial charge in [0, 0.05) is 19.6 Å². The molecule has 0 aliphatic carbocycles. The molecule has 2 heterocycles. The molecule has 0 aromatic carbocycles. The summed E-state index contributed by atoms with van der Waals surface area (Å²) in [6, 6.07) is 0. The van der Waals surface area contributed by atoms with Crippen LogP contribution in [0.15, 0.2) is 0 Å². The van der Waals surface area contributed by atoms with E-state index in [1.54, 1.807) is 6.92 Å². The molecule has 1 aliphatic rings. The molecule has 0 amide bonds. The Kier molecular flexibility index (Phi) is 4.67. The van der Waals surface area contributed by atoms with Crippen molar-refractivity contribution in [2.24, 2.45) is 0 Å². The lowest BCUT2D eigenvalue weighted by molar-refractivity contribution is -0.385. The van der Waals surface area contributed by atoms with Crippen LogP contribution in [0.25, 0.3) is 0 Å². The summed E-state index contributed by atoms with van der Waals surface area (Å²) in [6.45, 7) is 5.97. The van der Waals surface area contributed by atoms with Gasteiger partial charge in [0.05, 0.1) is 4.92 Å². The minimum Gasteiger partial charge on any atom is -0.354 e. The SMILES string of the molecule is CCNc1nc(C)c([N+](=O)[O-])c(NN2CCCCC2)n1. The normalized spacial score (nSPS) is 15.9. The smallest absolute Gasteiger partial charge is 0.333 e. The van der Waals surface area contributed by atoms with Gasteiger partial charge in [0.1, 0.15) is 5.69 Å². The maximum atomic E-state index is 11.2. The van der Waals surface area contributed by atoms with Crippen LogP contribution >= 0.6 is 0 Å². The van der Waals surface area contributed by atoms with Crippen molar-refractivity contribution in [2.75, 3.05) is 30.4 Å². The van der Waals surface area contributed by atoms with Crippen molar-refractivity contribution in [3.63, 3.8) is 0 Å². The molecule has 0 radical (unpaired) electrons. The molecule has 0 atom stereocenters. The number of rotatable bonds is 5. The van der Waals surface area contributed by atoms with Crippen molar-refractivity contribution in [1.29, 1.82) is 0 Å². The van der Waals surface area contributed by atoms with Gasteiger partial charge in [0.25, 0.3) is 0 Å². The minimum absolute atomic E-state index is 0.0581. The predicted molar refractivity (Wildman–Crippen MR) is 76.6 cm³/mol. The number of hydrogen-bond donors (Lipinski definition) is 2. The van der Waals surface area contributed by atoms with Gasteiger partial charge in [-0.05, 0) is 26.7 Å². The summed E-state index contributed by atoms with van der Waals surface area (Å²) in [5, 5.41) is 16.2. The zero-order valence-electron chi connectivity index (χ0n) is 11.8. The Morgan fingerprint density at radius 3 is 2.60 bits per heavy atom. The van der Waals surface area contributed by atoms with Gasteiger partial charge in [-0.25, -0.2) is 9.99 Å². The van der Waals surface area contributed by atoms with E-state index in [0.29, 0.717) is 18.2 Å². The van der Waals surface area contributed by atoms with Crippen molar-refractivity contribution < 1.29 is 4.92 Å². The maximum Gasteiger partial charge on any atom is 0.333 e. The summed E-state index contributed by atoms with van der Waals surface area (Å²) in [6.07, 6.45) is 3.38. The van der Waals surface area contributed by atoms with E-state index >= 15 is 0 Å². The van der Waals surface area contributed by atoms with Gasteiger partial charge in [-0.1, -0.05) is 6.42 Å². The van der Waals surface area contributed by atoms with E-state index in [1.807, 2.05) is 11.9 Å². The molecule has 0 unspecified atom stereocenters. The van der Waals surface area contributed by atoms with Crippen LogP contribution in [0, 0.1) is 17.0 Å². The Hall–Kier alpha value is -1.96. The van der Waals surface area contributed by atoms with Gasteiger partial charge in [-0.2, -0.15) is 4.98 Å². The van der Waals surface area contributed by atoms with Crippen LogP contribution in [-0.4, -0.2) is 39.5 Å². The van der Waals surface area contributed by atoms with Gasteiger partial charge in [-0.3, -0.25) is 15.5 Å². The topological polar surface area (TPSA) is 96.2 Å². The van der Waals surface area contributed by atoms with Gasteiger partial charge in [0.15, 0.2) is 0 Å². The molecular weight excluding hydrogens is 260 g/mol. The highest BCUT2D eigenvalue weighted by molar-refractivity contribution is 5.60. The lowest BCUT2D eigenvalue weighted by Gasteiger charge is -2.27. The van der Waals surface area contributed by atoms with Crippen LogP contribution in [-0.2, 0) is 0 Å². The maximum absolute atomic E-state index is 11.2. The second-order valence-electron chi connectivity index (χ2n) is 4.78. The van der Waals surface area contributed by atoms with Gasteiger partial charge in [0.2, 0.25) is 11.8 Å². The average Bonchev–Trinajstić information content (AvgIpc) is 2.39. The van der Waals surface area contributed by atoms with Crippen LogP contribution in [0.4, 0.5) is 17.5 Å². The average molecular weight is 280 g/mol. The van der Waals surface area contributed by atoms with Gasteiger partial charge < -0.3 is 5.32 Å². The van der Waals surface area contributed by atoms with E-state index < -0.39 is 4.92 Å². The van der Waals surface area contributed by atoms with Gasteiger partial charge in [-0.15, -0.1) is 0 Å². The molecule has 1 aromatic rings. The Balaban J connectivity index is 2.28. The van der Waals surface area contributed by atoms with Gasteiger partial charge >= 0.3 is 5.69 Å². The number of piperidine rings is 1. The standard InChI is InChI=1S/C12H20N6O2/c1-3-13-12-14-9(2)10(18(19)20)11(15-12)16-17-7-5-4-6-8-17/h3-8H2,1-2H3,(H2,13,14,15,16). The first-order valence-corrected chi connectivity index (χ1v) is 6.90. The Morgan fingerprint density at radius 1 is 1.30 bits per heavy atom. The van der Waals surface area contributed by atoms with Crippen molar-refractivity contribution in [3.05, 3.63) is 15.8 Å². The zero-order chi connectivity index (χ0) is 14.5. The largest absolute Gasteiger partial charge is 0.354 e. The van der Waals surface area contributed by atoms with Crippen molar-refractivity contribution in [1.82, 2.24) is 15.0 Å². The monoisotopic (exact) mass is 280 g/mol. The molecule has 0 bridgehead atoms. The summed E-state index contributed by atoms with van der Waals surface area (Å²) < 4.78 is 0. The second kappa shape index (κ2) is 6.47. The van der Waals surface area contributed by atoms with Crippen molar-refractivity contribution in [3.8, 4) is 0 Å². The Labute approximate surface area is 117 Å². The highest BCUT2D eigenvalue weighted by Crippen LogP contribution is 2.27. The number of anilines is 2. The quantitative estimate of drug-likeness (QED) is 0.628. The highest BCUT2D eigenvalue weighted by Gasteiger charge is 2.24. The van der Waals surface area contributed by atoms with E-state index in [-0.39, 0.29) is 11.5 Å². The second-order valence-corrected chi connectivity index (χ2v) is 4.78. The molecule has 1 saturated heterocycles. The molecule has 110 valence electrons. The highest BCUT2D eigenvalue weighted by atomic mass is 16.6. The van der Waals surface area contributed by atoms with Crippen molar-refractivity contribution >= 4 is 17.5 Å². The summed E-state index contributed by atoms with van der Waals surface area (Å²) in [5.41, 5.74) is 3.37. The third-order valence-corrected chi connectivity index (χ3v) is 3.20. The molecule has 1 fully saturated rings. The summed E-state index contributed by atoms with van der Waals surface area (Å²) in [4.78, 5) is 19.1. The molecule has 2 N–H and O–H groups in total. The first-order chi connectivity index (χ1) is 9.61. The van der Waals surface area contributed by atoms with Crippen LogP contribution in [0.2, 0.25) is 0 Å². The summed E-state index contributed by atoms with van der Waals surface area (Å²) in [5.74, 6) is 0.676. The Morgan fingerprint density at radius 2 is 2.00 bits per heavy atom. The van der Waals surface area contributed by atoms with Crippen molar-refractivity contribution in [2.45, 2.75) is 33.1 Å². The number of nitrogens with one attached hydrogen (secondary N) is 2. The third kappa shape index (κ3) is 3.32. The van der Waals surface area contributed by atoms with Crippen LogP contribution in [0.5, 0.6) is 0 Å². The molecule has 1 aromatic heterocycles. The molecule has 8 nitrogen and oxygen atoms in total. The molecular formula is C12H20N6O2. The minimum atomic E-state index is -0.433. The third-order valence-electron chi connectivity index (χ3n) is 3.20. The fourth-order valence-corrected chi connectivity index (χ4v) is 2.26. The molecule has 8 heteroatoms. The first-order valence-electron chi connectivity index (χ1n) is 6.90. The number of hydrogen-bond acceptors (Lipinski definition) is 7. The van der Waals surface area contributed by atoms with Crippen LogP contribution in [0.1, 0.15) is 31.9 Å². The molecule has 0 saturated carbocycles. The van der Waals surface area contributed by atoms with E-state index in [2.05, 4.69) is 20.7 Å². The van der Waals surface area contributed by atoms with Crippen LogP contribution in [0.3, 0.4) is 0 Å². The number of nitro groups is 1. The fourth-order valence-electron chi connectivity index (χ4n) is 2.26. The molecule has 1 aliphatic heterocycles. The van der Waals surface area contributed by atoms with E-state index in [4.69, 9.17) is 0 Å². The Bertz CT molecular complexity index is 487. The van der Waals surface area contributed by atoms with Crippen LogP contribution < -0.4 is 10.7 Å². The number of aromatic nitrogens is 2. The van der Waals surface area contributed by atoms with E-state index in [9.17, 15) is 10.1 Å². The number of nitrogens with zero attached hydrogens (tertiary/aromatic N) is 4. The zero-order valence-corrected chi connectivity index (χ0v) is 11.8.